The van der Waals surface area contributed by atoms with Crippen LogP contribution in [0.5, 0.6) is 0 Å². The largest absolute Gasteiger partial charge is 0.480 e. The molecule has 2 atom stereocenters. The Bertz CT molecular complexity index is 198. The van der Waals surface area contributed by atoms with Gasteiger partial charge in [-0.1, -0.05) is 19.3 Å². The fraction of sp³-hybridized carbons (Fsp3) is 0.778. The van der Waals surface area contributed by atoms with Crippen molar-refractivity contribution in [3.05, 3.63) is 0 Å². The fourth-order valence-corrected chi connectivity index (χ4v) is 1.38. The van der Waals surface area contributed by atoms with Crippen LogP contribution in [-0.4, -0.2) is 32.9 Å². The molecule has 0 spiro atoms. The Morgan fingerprint density at radius 1 is 0.867 bits per heavy atom. The van der Waals surface area contributed by atoms with E-state index in [1.54, 1.807) is 0 Å². The van der Waals surface area contributed by atoms with E-state index in [1.165, 1.54) is 0 Å². The third-order valence-electron chi connectivity index (χ3n) is 1.95. The fourth-order valence-electron chi connectivity index (χ4n) is 1.07. The zero-order valence-corrected chi connectivity index (χ0v) is 9.67. The van der Waals surface area contributed by atoms with E-state index in [4.69, 9.17) is 33.4 Å². The molecule has 4 nitrogen and oxygen atoms in total. The molecule has 2 unspecified atom stereocenters. The van der Waals surface area contributed by atoms with Crippen LogP contribution in [-0.2, 0) is 9.59 Å². The average molecular weight is 257 g/mol. The predicted octanol–water partition coefficient (Wildman–Crippen LogP) is 2.32. The Hall–Kier alpha value is -0.480. The molecule has 0 aliphatic carbocycles. The van der Waals surface area contributed by atoms with E-state index >= 15 is 0 Å². The molecule has 0 aliphatic heterocycles. The zero-order chi connectivity index (χ0) is 11.8. The van der Waals surface area contributed by atoms with Crippen LogP contribution in [0.2, 0.25) is 0 Å². The minimum absolute atomic E-state index is 0.400. The summed E-state index contributed by atoms with van der Waals surface area (Å²) in [5, 5.41) is 15.2. The Labute approximate surface area is 98.2 Å². The van der Waals surface area contributed by atoms with E-state index in [2.05, 4.69) is 0 Å². The second-order valence-electron chi connectivity index (χ2n) is 3.25. The van der Waals surface area contributed by atoms with Gasteiger partial charge in [-0.05, 0) is 12.8 Å². The number of aliphatic carboxylic acids is 2. The standard InChI is InChI=1S/C9H14Cl2O4/c10-6(8(12)13)4-2-1-3-5-7(11)9(14)15/h6-7H,1-5H2,(H,12,13)(H,14,15). The molecular formula is C9H14Cl2O4. The lowest BCUT2D eigenvalue weighted by Gasteiger charge is -2.05. The SMILES string of the molecule is O=C(O)C(Cl)CCCCCC(Cl)C(=O)O. The van der Waals surface area contributed by atoms with Crippen LogP contribution >= 0.6 is 23.2 Å². The highest BCUT2D eigenvalue weighted by Crippen LogP contribution is 2.13. The summed E-state index contributed by atoms with van der Waals surface area (Å²) >= 11 is 11.0. The van der Waals surface area contributed by atoms with Gasteiger partial charge in [0.25, 0.3) is 0 Å². The third-order valence-corrected chi connectivity index (χ3v) is 2.76. The molecule has 0 aromatic carbocycles. The normalized spacial score (nSPS) is 14.5. The van der Waals surface area contributed by atoms with Gasteiger partial charge in [-0.2, -0.15) is 0 Å². The summed E-state index contributed by atoms with van der Waals surface area (Å²) in [5.74, 6) is -2.03. The minimum atomic E-state index is -1.02. The van der Waals surface area contributed by atoms with Gasteiger partial charge in [-0.15, -0.1) is 23.2 Å². The number of halogens is 2. The smallest absolute Gasteiger partial charge is 0.321 e. The van der Waals surface area contributed by atoms with Crippen molar-refractivity contribution < 1.29 is 19.8 Å². The summed E-state index contributed by atoms with van der Waals surface area (Å²) in [7, 11) is 0. The van der Waals surface area contributed by atoms with Crippen LogP contribution in [0.15, 0.2) is 0 Å². The monoisotopic (exact) mass is 256 g/mol. The van der Waals surface area contributed by atoms with Gasteiger partial charge in [-0.25, -0.2) is 0 Å². The molecule has 6 heteroatoms. The molecule has 0 aromatic rings. The number of hydrogen-bond donors (Lipinski definition) is 2. The minimum Gasteiger partial charge on any atom is -0.480 e. The first-order valence-electron chi connectivity index (χ1n) is 4.69. The third kappa shape index (κ3) is 7.45. The van der Waals surface area contributed by atoms with Gasteiger partial charge in [0.2, 0.25) is 0 Å². The second kappa shape index (κ2) is 7.77. The van der Waals surface area contributed by atoms with E-state index in [-0.39, 0.29) is 0 Å². The first kappa shape index (κ1) is 14.5. The van der Waals surface area contributed by atoms with Crippen molar-refractivity contribution in [3.8, 4) is 0 Å². The zero-order valence-electron chi connectivity index (χ0n) is 8.16. The van der Waals surface area contributed by atoms with Crippen LogP contribution in [0.3, 0.4) is 0 Å². The quantitative estimate of drug-likeness (QED) is 0.517. The van der Waals surface area contributed by atoms with Crippen LogP contribution in [0, 0.1) is 0 Å². The van der Waals surface area contributed by atoms with Gasteiger partial charge < -0.3 is 10.2 Å². The van der Waals surface area contributed by atoms with Gasteiger partial charge >= 0.3 is 11.9 Å². The van der Waals surface area contributed by atoms with Crippen molar-refractivity contribution in [1.82, 2.24) is 0 Å². The second-order valence-corrected chi connectivity index (χ2v) is 4.30. The highest BCUT2D eigenvalue weighted by atomic mass is 35.5. The van der Waals surface area contributed by atoms with Gasteiger partial charge in [0, 0.05) is 0 Å². The average Bonchev–Trinajstić information content (AvgIpc) is 2.16. The Balaban J connectivity index is 3.40. The summed E-state index contributed by atoms with van der Waals surface area (Å²) in [5.41, 5.74) is 0. The molecule has 88 valence electrons. The molecule has 15 heavy (non-hydrogen) atoms. The lowest BCUT2D eigenvalue weighted by molar-refractivity contribution is -0.137. The molecule has 0 heterocycles. The Kier molecular flexibility index (Phi) is 7.52. The van der Waals surface area contributed by atoms with E-state index in [0.717, 1.165) is 6.42 Å². The number of carbonyl (C=O) groups is 2. The molecule has 0 aliphatic rings. The highest BCUT2D eigenvalue weighted by molar-refractivity contribution is 6.29. The number of rotatable bonds is 8. The maximum Gasteiger partial charge on any atom is 0.321 e. The summed E-state index contributed by atoms with van der Waals surface area (Å²) in [6.45, 7) is 0. The summed E-state index contributed by atoms with van der Waals surface area (Å²) < 4.78 is 0. The number of alkyl halides is 2. The predicted molar refractivity (Wildman–Crippen MR) is 57.6 cm³/mol. The molecule has 0 saturated heterocycles. The van der Waals surface area contributed by atoms with E-state index in [1.807, 2.05) is 0 Å². The van der Waals surface area contributed by atoms with Crippen molar-refractivity contribution in [2.75, 3.05) is 0 Å². The van der Waals surface area contributed by atoms with Gasteiger partial charge in [-0.3, -0.25) is 9.59 Å². The van der Waals surface area contributed by atoms with Crippen molar-refractivity contribution in [2.24, 2.45) is 0 Å². The number of carboxylic acids is 2. The lowest BCUT2D eigenvalue weighted by Crippen LogP contribution is -2.14. The number of carboxylic acid groups (broad SMARTS) is 2. The molecule has 0 aromatic heterocycles. The van der Waals surface area contributed by atoms with Crippen LogP contribution in [0.4, 0.5) is 0 Å². The van der Waals surface area contributed by atoms with E-state index in [9.17, 15) is 9.59 Å². The van der Waals surface area contributed by atoms with Gasteiger partial charge in [0.05, 0.1) is 0 Å². The molecule has 0 radical (unpaired) electrons. The molecule has 0 amide bonds. The lowest BCUT2D eigenvalue weighted by atomic mass is 10.1. The maximum atomic E-state index is 10.3. The summed E-state index contributed by atoms with van der Waals surface area (Å²) in [4.78, 5) is 20.7. The Morgan fingerprint density at radius 2 is 1.20 bits per heavy atom. The topological polar surface area (TPSA) is 74.6 Å². The molecule has 0 fully saturated rings. The van der Waals surface area contributed by atoms with Crippen LogP contribution in [0.25, 0.3) is 0 Å². The molecule has 0 rings (SSSR count). The van der Waals surface area contributed by atoms with Crippen LogP contribution < -0.4 is 0 Å². The van der Waals surface area contributed by atoms with Crippen LogP contribution in [0.1, 0.15) is 32.1 Å². The highest BCUT2D eigenvalue weighted by Gasteiger charge is 2.14. The summed E-state index contributed by atoms with van der Waals surface area (Å²) in [6.07, 6.45) is 2.88. The molecular weight excluding hydrogens is 243 g/mol. The van der Waals surface area contributed by atoms with Crippen molar-refractivity contribution in [1.29, 1.82) is 0 Å². The molecule has 0 bridgehead atoms. The first-order chi connectivity index (χ1) is 6.95. The Morgan fingerprint density at radius 3 is 1.47 bits per heavy atom. The number of hydrogen-bond acceptors (Lipinski definition) is 2. The molecule has 2 N–H and O–H groups in total. The van der Waals surface area contributed by atoms with Crippen molar-refractivity contribution in [3.63, 3.8) is 0 Å². The summed E-state index contributed by atoms with van der Waals surface area (Å²) in [6, 6.07) is 0. The first-order valence-corrected chi connectivity index (χ1v) is 5.56. The van der Waals surface area contributed by atoms with E-state index < -0.39 is 22.7 Å². The van der Waals surface area contributed by atoms with Crippen molar-refractivity contribution >= 4 is 35.1 Å². The van der Waals surface area contributed by atoms with Gasteiger partial charge in [0.1, 0.15) is 10.8 Å². The van der Waals surface area contributed by atoms with Crippen molar-refractivity contribution in [2.45, 2.75) is 42.9 Å². The van der Waals surface area contributed by atoms with Gasteiger partial charge in [0.15, 0.2) is 0 Å². The number of unbranched alkanes of at least 4 members (excludes halogenated alkanes) is 2. The van der Waals surface area contributed by atoms with E-state index in [0.29, 0.717) is 25.7 Å². The maximum absolute atomic E-state index is 10.3. The molecule has 0 saturated carbocycles.